The molecule has 2 nitrogen and oxygen atoms in total. The van der Waals surface area contributed by atoms with Crippen LogP contribution in [0.15, 0.2) is 194 Å². The molecule has 0 unspecified atom stereocenters. The van der Waals surface area contributed by atoms with Gasteiger partial charge in [-0.25, -0.2) is 0 Å². The molecule has 0 bridgehead atoms. The predicted molar refractivity (Wildman–Crippen MR) is 204 cm³/mol. The second-order valence-corrected chi connectivity index (χ2v) is 12.2. The minimum Gasteiger partial charge on any atom is -0.311 e. The minimum atomic E-state index is 1.10. The lowest BCUT2D eigenvalue weighted by molar-refractivity contribution is 1.17. The zero-order chi connectivity index (χ0) is 31.9. The second-order valence-electron chi connectivity index (χ2n) is 12.2. The van der Waals surface area contributed by atoms with Gasteiger partial charge in [-0.2, -0.15) is 0 Å². The summed E-state index contributed by atoms with van der Waals surface area (Å²) in [6.07, 6.45) is 0. The van der Waals surface area contributed by atoms with Crippen LogP contribution in [-0.2, 0) is 0 Å². The predicted octanol–water partition coefficient (Wildman–Crippen LogP) is 12.7. The maximum absolute atomic E-state index is 2.40. The third kappa shape index (κ3) is 4.92. The third-order valence-electron chi connectivity index (χ3n) is 9.37. The van der Waals surface area contributed by atoms with E-state index in [0.717, 1.165) is 22.7 Å². The van der Waals surface area contributed by atoms with Gasteiger partial charge in [0.25, 0.3) is 0 Å². The first-order valence-electron chi connectivity index (χ1n) is 16.4. The van der Waals surface area contributed by atoms with Gasteiger partial charge in [0.05, 0.1) is 11.0 Å². The first-order valence-corrected chi connectivity index (χ1v) is 16.4. The highest BCUT2D eigenvalue weighted by atomic mass is 15.1. The Morgan fingerprint density at radius 1 is 0.312 bits per heavy atom. The molecule has 0 amide bonds. The van der Waals surface area contributed by atoms with Crippen LogP contribution in [0.5, 0.6) is 0 Å². The zero-order valence-corrected chi connectivity index (χ0v) is 26.4. The number of fused-ring (bicyclic) bond motifs is 4. The highest BCUT2D eigenvalue weighted by molar-refractivity contribution is 6.13. The summed E-state index contributed by atoms with van der Waals surface area (Å²) in [5.74, 6) is 0. The number of anilines is 3. The number of benzene rings is 8. The van der Waals surface area contributed by atoms with Gasteiger partial charge in [-0.3, -0.25) is 0 Å². The van der Waals surface area contributed by atoms with Crippen molar-refractivity contribution in [1.29, 1.82) is 0 Å². The van der Waals surface area contributed by atoms with Gasteiger partial charge in [0.1, 0.15) is 0 Å². The highest BCUT2D eigenvalue weighted by Crippen LogP contribution is 2.39. The van der Waals surface area contributed by atoms with E-state index >= 15 is 0 Å². The molecule has 0 aliphatic carbocycles. The van der Waals surface area contributed by atoms with Crippen LogP contribution in [0.4, 0.5) is 17.1 Å². The number of para-hydroxylation sites is 1. The Labute approximate surface area is 280 Å². The zero-order valence-electron chi connectivity index (χ0n) is 26.4. The Kier molecular flexibility index (Phi) is 6.84. The summed E-state index contributed by atoms with van der Waals surface area (Å²) in [7, 11) is 0. The summed E-state index contributed by atoms with van der Waals surface area (Å²) in [4.78, 5) is 2.34. The fraction of sp³-hybridized carbons (Fsp3) is 0. The van der Waals surface area contributed by atoms with E-state index in [1.54, 1.807) is 0 Å². The van der Waals surface area contributed by atoms with Gasteiger partial charge >= 0.3 is 0 Å². The molecule has 48 heavy (non-hydrogen) atoms. The molecule has 0 aliphatic rings. The molecule has 0 fully saturated rings. The summed E-state index contributed by atoms with van der Waals surface area (Å²) >= 11 is 0. The number of hydrogen-bond donors (Lipinski definition) is 0. The van der Waals surface area contributed by atoms with Crippen molar-refractivity contribution in [2.75, 3.05) is 4.90 Å². The molecule has 0 saturated heterocycles. The molecular weight excluding hydrogens is 581 g/mol. The van der Waals surface area contributed by atoms with Gasteiger partial charge in [0.2, 0.25) is 0 Å². The van der Waals surface area contributed by atoms with Crippen molar-refractivity contribution >= 4 is 49.6 Å². The lowest BCUT2D eigenvalue weighted by Crippen LogP contribution is -2.10. The fourth-order valence-electron chi connectivity index (χ4n) is 7.00. The molecule has 226 valence electrons. The van der Waals surface area contributed by atoms with E-state index in [0.29, 0.717) is 0 Å². The van der Waals surface area contributed by atoms with Gasteiger partial charge in [-0.15, -0.1) is 0 Å². The van der Waals surface area contributed by atoms with Crippen molar-refractivity contribution in [3.8, 4) is 27.9 Å². The van der Waals surface area contributed by atoms with E-state index < -0.39 is 0 Å². The number of rotatable bonds is 6. The summed E-state index contributed by atoms with van der Waals surface area (Å²) in [5.41, 5.74) is 11.7. The van der Waals surface area contributed by atoms with Crippen LogP contribution < -0.4 is 4.90 Å². The summed E-state index contributed by atoms with van der Waals surface area (Å²) in [6, 6.07) is 69.8. The molecule has 0 spiro atoms. The maximum Gasteiger partial charge on any atom is 0.0547 e. The van der Waals surface area contributed by atoms with Gasteiger partial charge in [-0.05, 0) is 99.8 Å². The molecule has 0 aliphatic heterocycles. The van der Waals surface area contributed by atoms with Crippen LogP contribution in [0.3, 0.4) is 0 Å². The van der Waals surface area contributed by atoms with Crippen LogP contribution >= 0.6 is 0 Å². The molecular formula is C46H32N2. The van der Waals surface area contributed by atoms with Crippen LogP contribution in [-0.4, -0.2) is 4.57 Å². The Hall–Kier alpha value is -6.38. The van der Waals surface area contributed by atoms with Gasteiger partial charge in [0, 0.05) is 33.5 Å². The highest BCUT2D eigenvalue weighted by Gasteiger charge is 2.16. The Morgan fingerprint density at radius 2 is 0.750 bits per heavy atom. The monoisotopic (exact) mass is 612 g/mol. The fourth-order valence-corrected chi connectivity index (χ4v) is 7.00. The Morgan fingerprint density at radius 3 is 1.31 bits per heavy atom. The van der Waals surface area contributed by atoms with Crippen molar-refractivity contribution in [3.63, 3.8) is 0 Å². The van der Waals surface area contributed by atoms with Crippen LogP contribution in [0.2, 0.25) is 0 Å². The Balaban J connectivity index is 1.15. The van der Waals surface area contributed by atoms with Gasteiger partial charge in [0.15, 0.2) is 0 Å². The van der Waals surface area contributed by atoms with Crippen molar-refractivity contribution in [2.24, 2.45) is 0 Å². The normalized spacial score (nSPS) is 11.3. The quantitative estimate of drug-likeness (QED) is 0.181. The van der Waals surface area contributed by atoms with E-state index in [2.05, 4.69) is 204 Å². The first kappa shape index (κ1) is 27.9. The second kappa shape index (κ2) is 11.8. The van der Waals surface area contributed by atoms with Crippen LogP contribution in [0.1, 0.15) is 0 Å². The van der Waals surface area contributed by atoms with Crippen molar-refractivity contribution in [2.45, 2.75) is 0 Å². The smallest absolute Gasteiger partial charge is 0.0547 e. The molecule has 0 atom stereocenters. The average Bonchev–Trinajstić information content (AvgIpc) is 3.48. The number of hydrogen-bond acceptors (Lipinski definition) is 1. The van der Waals surface area contributed by atoms with Crippen LogP contribution in [0.25, 0.3) is 60.5 Å². The lowest BCUT2D eigenvalue weighted by Gasteiger charge is -2.26. The summed E-state index contributed by atoms with van der Waals surface area (Å²) < 4.78 is 2.40. The van der Waals surface area contributed by atoms with Crippen LogP contribution in [0, 0.1) is 0 Å². The minimum absolute atomic E-state index is 1.10. The molecule has 9 rings (SSSR count). The standard InChI is InChI=1S/C46H32N2/c1-3-11-33(12-4-1)35-19-23-39(24-20-35)47(40-25-21-36(22-26-40)34-13-5-2-6-14-34)41-27-29-42(30-28-41)48-45-18-10-9-17-43(45)44-31-37-15-7-8-16-38(37)32-46(44)48/h1-32H. The van der Waals surface area contributed by atoms with Crippen molar-refractivity contribution in [1.82, 2.24) is 4.57 Å². The van der Waals surface area contributed by atoms with Gasteiger partial charge < -0.3 is 9.47 Å². The SMILES string of the molecule is c1ccc(-c2ccc(N(c3ccc(-c4ccccc4)cc3)c3ccc(-n4c5ccccc5c5cc6ccccc6cc54)cc3)cc2)cc1. The molecule has 1 aromatic heterocycles. The largest absolute Gasteiger partial charge is 0.311 e. The van der Waals surface area contributed by atoms with E-state index in [-0.39, 0.29) is 0 Å². The molecule has 0 N–H and O–H groups in total. The van der Waals surface area contributed by atoms with E-state index in [9.17, 15) is 0 Å². The molecule has 2 heteroatoms. The molecule has 0 saturated carbocycles. The van der Waals surface area contributed by atoms with Gasteiger partial charge in [-0.1, -0.05) is 127 Å². The molecule has 8 aromatic carbocycles. The molecule has 1 heterocycles. The Bertz CT molecular complexity index is 2430. The summed E-state index contributed by atoms with van der Waals surface area (Å²) in [5, 5.41) is 5.04. The van der Waals surface area contributed by atoms with E-state index in [4.69, 9.17) is 0 Å². The third-order valence-corrected chi connectivity index (χ3v) is 9.37. The first-order chi connectivity index (χ1) is 23.8. The maximum atomic E-state index is 2.40. The van der Waals surface area contributed by atoms with E-state index in [1.807, 2.05) is 0 Å². The topological polar surface area (TPSA) is 8.17 Å². The van der Waals surface area contributed by atoms with Crippen molar-refractivity contribution < 1.29 is 0 Å². The van der Waals surface area contributed by atoms with E-state index in [1.165, 1.54) is 54.8 Å². The molecule has 0 radical (unpaired) electrons. The summed E-state index contributed by atoms with van der Waals surface area (Å²) in [6.45, 7) is 0. The number of aromatic nitrogens is 1. The van der Waals surface area contributed by atoms with Crippen molar-refractivity contribution in [3.05, 3.63) is 194 Å². The average molecular weight is 613 g/mol. The molecule has 9 aromatic rings. The lowest BCUT2D eigenvalue weighted by atomic mass is 10.0. The number of nitrogens with zero attached hydrogens (tertiary/aromatic N) is 2.